The van der Waals surface area contributed by atoms with Crippen LogP contribution in [-0.2, 0) is 10.0 Å². The molecule has 32 heavy (non-hydrogen) atoms. The molecule has 1 fully saturated rings. The van der Waals surface area contributed by atoms with Crippen molar-refractivity contribution < 1.29 is 13.2 Å². The molecule has 4 rings (SSSR count). The minimum atomic E-state index is -3.75. The molecule has 2 aromatic carbocycles. The Morgan fingerprint density at radius 3 is 2.09 bits per heavy atom. The molecule has 0 saturated carbocycles. The van der Waals surface area contributed by atoms with Crippen LogP contribution in [0.15, 0.2) is 65.6 Å². The minimum absolute atomic E-state index is 0.0944. The van der Waals surface area contributed by atoms with E-state index in [1.807, 2.05) is 12.1 Å². The first-order chi connectivity index (χ1) is 15.3. The van der Waals surface area contributed by atoms with Gasteiger partial charge in [0.2, 0.25) is 0 Å². The number of piperazine rings is 1. The van der Waals surface area contributed by atoms with Gasteiger partial charge < -0.3 is 9.80 Å². The van der Waals surface area contributed by atoms with Crippen molar-refractivity contribution in [1.82, 2.24) is 15.1 Å². The Labute approximate surface area is 187 Å². The Hall–Kier alpha value is -3.30. The fourth-order valence-corrected chi connectivity index (χ4v) is 4.53. The number of ketones is 1. The standard InChI is InChI=1S/C23H25N5O3S/c1-17(29)18-5-9-21(10-6-18)32(30,31)26-20-7-3-19(4-8-20)22-11-12-23(25-24-22)28-15-13-27(2)14-16-28/h3-12,26H,13-16H2,1-2H3. The van der Waals surface area contributed by atoms with E-state index in [0.29, 0.717) is 11.3 Å². The topological polar surface area (TPSA) is 95.5 Å². The number of nitrogens with one attached hydrogen (secondary N) is 1. The third-order valence-electron chi connectivity index (χ3n) is 5.48. The van der Waals surface area contributed by atoms with Gasteiger partial charge in [-0.15, -0.1) is 10.2 Å². The molecule has 1 N–H and O–H groups in total. The first-order valence-electron chi connectivity index (χ1n) is 10.3. The highest BCUT2D eigenvalue weighted by Gasteiger charge is 2.17. The van der Waals surface area contributed by atoms with Crippen LogP contribution in [0.1, 0.15) is 17.3 Å². The van der Waals surface area contributed by atoms with Crippen molar-refractivity contribution in [3.63, 3.8) is 0 Å². The summed E-state index contributed by atoms with van der Waals surface area (Å²) in [5, 5.41) is 8.71. The molecule has 8 nitrogen and oxygen atoms in total. The number of anilines is 2. The Kier molecular flexibility index (Phi) is 6.20. The Balaban J connectivity index is 1.44. The van der Waals surface area contributed by atoms with Gasteiger partial charge in [-0.1, -0.05) is 24.3 Å². The lowest BCUT2D eigenvalue weighted by molar-refractivity contribution is 0.101. The number of Topliss-reactive ketones (excluding diaryl/α,β-unsaturated/α-hetero) is 1. The van der Waals surface area contributed by atoms with Gasteiger partial charge in [0.1, 0.15) is 0 Å². The van der Waals surface area contributed by atoms with Gasteiger partial charge in [0.05, 0.1) is 10.6 Å². The van der Waals surface area contributed by atoms with E-state index in [-0.39, 0.29) is 10.7 Å². The largest absolute Gasteiger partial charge is 0.353 e. The molecule has 2 heterocycles. The minimum Gasteiger partial charge on any atom is -0.353 e. The maximum absolute atomic E-state index is 12.6. The number of hydrogen-bond acceptors (Lipinski definition) is 7. The van der Waals surface area contributed by atoms with Crippen LogP contribution in [-0.4, -0.2) is 62.5 Å². The van der Waals surface area contributed by atoms with Crippen LogP contribution in [0.3, 0.4) is 0 Å². The number of rotatable bonds is 6. The smallest absolute Gasteiger partial charge is 0.261 e. The lowest BCUT2D eigenvalue weighted by Crippen LogP contribution is -2.44. The van der Waals surface area contributed by atoms with Crippen molar-refractivity contribution in [3.8, 4) is 11.3 Å². The Bertz CT molecular complexity index is 1190. The number of aromatic nitrogens is 2. The molecule has 166 valence electrons. The first kappa shape index (κ1) is 21.9. The number of hydrogen-bond donors (Lipinski definition) is 1. The molecule has 0 spiro atoms. The maximum Gasteiger partial charge on any atom is 0.261 e. The third kappa shape index (κ3) is 4.95. The van der Waals surface area contributed by atoms with Gasteiger partial charge in [0, 0.05) is 43.0 Å². The van der Waals surface area contributed by atoms with Crippen molar-refractivity contribution >= 4 is 27.3 Å². The van der Waals surface area contributed by atoms with Crippen molar-refractivity contribution in [2.24, 2.45) is 0 Å². The third-order valence-corrected chi connectivity index (χ3v) is 6.88. The van der Waals surface area contributed by atoms with Crippen LogP contribution in [0.5, 0.6) is 0 Å². The van der Waals surface area contributed by atoms with Gasteiger partial charge in [-0.3, -0.25) is 9.52 Å². The SMILES string of the molecule is CC(=O)c1ccc(S(=O)(=O)Nc2ccc(-c3ccc(N4CCN(C)CC4)nn3)cc2)cc1. The average Bonchev–Trinajstić information content (AvgIpc) is 2.80. The van der Waals surface area contributed by atoms with Gasteiger partial charge in [-0.05, 0) is 50.4 Å². The molecule has 0 unspecified atom stereocenters. The number of benzene rings is 2. The summed E-state index contributed by atoms with van der Waals surface area (Å²) in [6.45, 7) is 5.30. The molecule has 0 amide bonds. The van der Waals surface area contributed by atoms with Gasteiger partial charge >= 0.3 is 0 Å². The van der Waals surface area contributed by atoms with E-state index in [9.17, 15) is 13.2 Å². The summed E-state index contributed by atoms with van der Waals surface area (Å²) in [6, 6.07) is 16.7. The average molecular weight is 452 g/mol. The first-order valence-corrected chi connectivity index (χ1v) is 11.8. The summed E-state index contributed by atoms with van der Waals surface area (Å²) in [5.41, 5.74) is 2.47. The summed E-state index contributed by atoms with van der Waals surface area (Å²) in [5.74, 6) is 0.749. The molecule has 0 radical (unpaired) electrons. The van der Waals surface area contributed by atoms with Crippen molar-refractivity contribution in [3.05, 3.63) is 66.2 Å². The molecular formula is C23H25N5O3S. The van der Waals surface area contributed by atoms with Crippen LogP contribution >= 0.6 is 0 Å². The zero-order valence-corrected chi connectivity index (χ0v) is 18.8. The summed E-state index contributed by atoms with van der Waals surface area (Å²) < 4.78 is 27.8. The lowest BCUT2D eigenvalue weighted by Gasteiger charge is -2.32. The van der Waals surface area contributed by atoms with Crippen LogP contribution < -0.4 is 9.62 Å². The lowest BCUT2D eigenvalue weighted by atomic mass is 10.1. The van der Waals surface area contributed by atoms with E-state index >= 15 is 0 Å². The number of sulfonamides is 1. The number of carbonyl (C=O) groups excluding carboxylic acids is 1. The molecule has 0 atom stereocenters. The molecule has 1 saturated heterocycles. The quantitative estimate of drug-likeness (QED) is 0.576. The second kappa shape index (κ2) is 9.05. The van der Waals surface area contributed by atoms with Crippen LogP contribution in [0.25, 0.3) is 11.3 Å². The zero-order chi connectivity index (χ0) is 22.7. The van der Waals surface area contributed by atoms with Crippen LogP contribution in [0, 0.1) is 0 Å². The predicted molar refractivity (Wildman–Crippen MR) is 124 cm³/mol. The molecule has 1 aromatic heterocycles. The van der Waals surface area contributed by atoms with E-state index in [2.05, 4.69) is 31.8 Å². The van der Waals surface area contributed by atoms with Gasteiger partial charge in [0.25, 0.3) is 10.0 Å². The van der Waals surface area contributed by atoms with E-state index in [1.165, 1.54) is 31.2 Å². The number of nitrogens with zero attached hydrogens (tertiary/aromatic N) is 4. The van der Waals surface area contributed by atoms with Gasteiger partial charge in [-0.25, -0.2) is 8.42 Å². The molecule has 1 aliphatic heterocycles. The molecular weight excluding hydrogens is 426 g/mol. The van der Waals surface area contributed by atoms with E-state index in [0.717, 1.165) is 43.3 Å². The van der Waals surface area contributed by atoms with E-state index in [4.69, 9.17) is 0 Å². The van der Waals surface area contributed by atoms with Gasteiger partial charge in [-0.2, -0.15) is 0 Å². The monoisotopic (exact) mass is 451 g/mol. The van der Waals surface area contributed by atoms with Crippen molar-refractivity contribution in [2.75, 3.05) is 42.8 Å². The van der Waals surface area contributed by atoms with Crippen LogP contribution in [0.2, 0.25) is 0 Å². The summed E-state index contributed by atoms with van der Waals surface area (Å²) in [7, 11) is -1.64. The molecule has 1 aliphatic rings. The van der Waals surface area contributed by atoms with Gasteiger partial charge in [0.15, 0.2) is 11.6 Å². The predicted octanol–water partition coefficient (Wildman–Crippen LogP) is 2.90. The molecule has 0 bridgehead atoms. The number of likely N-dealkylation sites (N-methyl/N-ethyl adjacent to an activating group) is 1. The van der Waals surface area contributed by atoms with Crippen molar-refractivity contribution in [2.45, 2.75) is 11.8 Å². The van der Waals surface area contributed by atoms with E-state index in [1.54, 1.807) is 24.3 Å². The number of carbonyl (C=O) groups is 1. The molecule has 9 heteroatoms. The summed E-state index contributed by atoms with van der Waals surface area (Å²) in [6.07, 6.45) is 0. The second-order valence-electron chi connectivity index (χ2n) is 7.83. The summed E-state index contributed by atoms with van der Waals surface area (Å²) >= 11 is 0. The Morgan fingerprint density at radius 1 is 0.875 bits per heavy atom. The highest BCUT2D eigenvalue weighted by atomic mass is 32.2. The maximum atomic E-state index is 12.6. The fourth-order valence-electron chi connectivity index (χ4n) is 3.48. The highest BCUT2D eigenvalue weighted by Crippen LogP contribution is 2.23. The zero-order valence-electron chi connectivity index (χ0n) is 18.0. The molecule has 0 aliphatic carbocycles. The fraction of sp³-hybridized carbons (Fsp3) is 0.261. The van der Waals surface area contributed by atoms with Crippen LogP contribution in [0.4, 0.5) is 11.5 Å². The summed E-state index contributed by atoms with van der Waals surface area (Å²) in [4.78, 5) is 16.0. The second-order valence-corrected chi connectivity index (χ2v) is 9.51. The van der Waals surface area contributed by atoms with Crippen molar-refractivity contribution in [1.29, 1.82) is 0 Å². The van der Waals surface area contributed by atoms with E-state index < -0.39 is 10.0 Å². The molecule has 3 aromatic rings. The Morgan fingerprint density at radius 2 is 1.53 bits per heavy atom. The normalized spacial score (nSPS) is 14.9. The highest BCUT2D eigenvalue weighted by molar-refractivity contribution is 7.92.